The second kappa shape index (κ2) is 4.01. The van der Waals surface area contributed by atoms with Crippen molar-refractivity contribution in [2.45, 2.75) is 38.1 Å². The van der Waals surface area contributed by atoms with Crippen LogP contribution in [0, 0.1) is 11.8 Å². The summed E-state index contributed by atoms with van der Waals surface area (Å²) >= 11 is 2.10. The third-order valence-electron chi connectivity index (χ3n) is 3.50. The third kappa shape index (κ3) is 1.80. The van der Waals surface area contributed by atoms with Crippen LogP contribution < -0.4 is 5.73 Å². The second-order valence-electron chi connectivity index (χ2n) is 4.22. The molecule has 0 radical (unpaired) electrons. The van der Waals surface area contributed by atoms with E-state index in [1.54, 1.807) is 0 Å². The fraction of sp³-hybridized carbons (Fsp3) is 1.00. The molecule has 1 aliphatic carbocycles. The lowest BCUT2D eigenvalue weighted by atomic mass is 9.74. The highest BCUT2D eigenvalue weighted by Gasteiger charge is 2.30. The van der Waals surface area contributed by atoms with E-state index in [0.29, 0.717) is 6.04 Å². The molecule has 1 unspecified atom stereocenters. The van der Waals surface area contributed by atoms with E-state index in [2.05, 4.69) is 11.8 Å². The Kier molecular flexibility index (Phi) is 2.97. The summed E-state index contributed by atoms with van der Waals surface area (Å²) in [5, 5.41) is 0. The van der Waals surface area contributed by atoms with E-state index in [1.165, 1.54) is 43.6 Å². The molecular formula is C10H19NS. The van der Waals surface area contributed by atoms with Crippen molar-refractivity contribution in [1.82, 2.24) is 0 Å². The summed E-state index contributed by atoms with van der Waals surface area (Å²) in [7, 11) is 0. The van der Waals surface area contributed by atoms with Gasteiger partial charge in [-0.15, -0.1) is 0 Å². The Morgan fingerprint density at radius 1 is 1.00 bits per heavy atom. The lowest BCUT2D eigenvalue weighted by Gasteiger charge is -2.37. The van der Waals surface area contributed by atoms with Gasteiger partial charge in [0.2, 0.25) is 0 Å². The van der Waals surface area contributed by atoms with Gasteiger partial charge in [-0.3, -0.25) is 0 Å². The van der Waals surface area contributed by atoms with E-state index in [-0.39, 0.29) is 0 Å². The highest BCUT2D eigenvalue weighted by molar-refractivity contribution is 7.99. The van der Waals surface area contributed by atoms with E-state index in [0.717, 1.165) is 11.8 Å². The molecule has 1 nitrogen and oxygen atoms in total. The first-order valence-electron chi connectivity index (χ1n) is 5.21. The highest BCUT2D eigenvalue weighted by atomic mass is 32.2. The minimum absolute atomic E-state index is 0.541. The Hall–Kier alpha value is 0.310. The molecule has 1 saturated heterocycles. The van der Waals surface area contributed by atoms with E-state index in [4.69, 9.17) is 5.73 Å². The molecule has 2 N–H and O–H groups in total. The molecule has 1 aliphatic heterocycles. The minimum atomic E-state index is 0.541. The topological polar surface area (TPSA) is 26.0 Å². The van der Waals surface area contributed by atoms with Gasteiger partial charge < -0.3 is 5.73 Å². The number of thioether (sulfide) groups is 1. The molecule has 2 rings (SSSR count). The van der Waals surface area contributed by atoms with Crippen LogP contribution in [0.4, 0.5) is 0 Å². The van der Waals surface area contributed by atoms with E-state index in [9.17, 15) is 0 Å². The lowest BCUT2D eigenvalue weighted by Crippen LogP contribution is -2.42. The Labute approximate surface area is 79.5 Å². The van der Waals surface area contributed by atoms with Crippen molar-refractivity contribution in [3.63, 3.8) is 0 Å². The number of hydrogen-bond acceptors (Lipinski definition) is 2. The first-order chi connectivity index (χ1) is 5.88. The van der Waals surface area contributed by atoms with Gasteiger partial charge in [0.05, 0.1) is 0 Å². The summed E-state index contributed by atoms with van der Waals surface area (Å²) in [5.41, 5.74) is 6.24. The van der Waals surface area contributed by atoms with Gasteiger partial charge in [0.15, 0.2) is 0 Å². The second-order valence-corrected chi connectivity index (χ2v) is 5.44. The van der Waals surface area contributed by atoms with Crippen molar-refractivity contribution < 1.29 is 0 Å². The van der Waals surface area contributed by atoms with Crippen LogP contribution in [0.15, 0.2) is 0 Å². The molecule has 1 saturated carbocycles. The maximum absolute atomic E-state index is 6.24. The van der Waals surface area contributed by atoms with Gasteiger partial charge in [0.25, 0.3) is 0 Å². The zero-order valence-electron chi connectivity index (χ0n) is 7.67. The molecule has 0 aromatic rings. The van der Waals surface area contributed by atoms with E-state index >= 15 is 0 Å². The van der Waals surface area contributed by atoms with Gasteiger partial charge >= 0.3 is 0 Å². The van der Waals surface area contributed by atoms with Gasteiger partial charge in [0.1, 0.15) is 0 Å². The van der Waals surface area contributed by atoms with Crippen molar-refractivity contribution in [3.8, 4) is 0 Å². The summed E-state index contributed by atoms with van der Waals surface area (Å²) in [5.74, 6) is 4.45. The summed E-state index contributed by atoms with van der Waals surface area (Å²) in [4.78, 5) is 0. The molecule has 70 valence electrons. The van der Waals surface area contributed by atoms with Gasteiger partial charge in [0, 0.05) is 6.04 Å². The fourth-order valence-electron chi connectivity index (χ4n) is 2.31. The number of hydrogen-bond donors (Lipinski definition) is 1. The van der Waals surface area contributed by atoms with Crippen LogP contribution in [0.2, 0.25) is 0 Å². The average Bonchev–Trinajstić information content (AvgIpc) is 2.03. The quantitative estimate of drug-likeness (QED) is 0.714. The summed E-state index contributed by atoms with van der Waals surface area (Å²) in [6, 6.07) is 0.541. The molecule has 1 atom stereocenters. The van der Waals surface area contributed by atoms with Crippen molar-refractivity contribution in [1.29, 1.82) is 0 Å². The smallest absolute Gasteiger partial charge is 0.00962 e. The Morgan fingerprint density at radius 2 is 1.58 bits per heavy atom. The van der Waals surface area contributed by atoms with E-state index in [1.807, 2.05) is 0 Å². The molecule has 2 fully saturated rings. The monoisotopic (exact) mass is 185 g/mol. The van der Waals surface area contributed by atoms with Gasteiger partial charge in [-0.2, -0.15) is 11.8 Å². The lowest BCUT2D eigenvalue weighted by molar-refractivity contribution is 0.200. The fourth-order valence-corrected chi connectivity index (χ4v) is 3.45. The molecule has 12 heavy (non-hydrogen) atoms. The van der Waals surface area contributed by atoms with Crippen molar-refractivity contribution >= 4 is 11.8 Å². The van der Waals surface area contributed by atoms with Crippen LogP contribution in [-0.4, -0.2) is 17.5 Å². The average molecular weight is 185 g/mol. The van der Waals surface area contributed by atoms with Crippen molar-refractivity contribution in [3.05, 3.63) is 0 Å². The summed E-state index contributed by atoms with van der Waals surface area (Å²) in [6.45, 7) is 0. The third-order valence-corrected chi connectivity index (χ3v) is 4.55. The van der Waals surface area contributed by atoms with Crippen LogP contribution in [0.1, 0.15) is 32.1 Å². The van der Waals surface area contributed by atoms with Crippen molar-refractivity contribution in [2.75, 3.05) is 11.5 Å². The number of nitrogens with two attached hydrogens (primary N) is 1. The van der Waals surface area contributed by atoms with Crippen LogP contribution in [0.5, 0.6) is 0 Å². The Morgan fingerprint density at radius 3 is 2.08 bits per heavy atom. The van der Waals surface area contributed by atoms with Gasteiger partial charge in [-0.05, 0) is 49.0 Å². The number of rotatable bonds is 2. The first-order valence-corrected chi connectivity index (χ1v) is 6.37. The van der Waals surface area contributed by atoms with E-state index < -0.39 is 0 Å². The van der Waals surface area contributed by atoms with Crippen molar-refractivity contribution in [2.24, 2.45) is 17.6 Å². The molecule has 0 aromatic heterocycles. The molecule has 1 heterocycles. The van der Waals surface area contributed by atoms with Crippen LogP contribution in [0.3, 0.4) is 0 Å². The predicted octanol–water partition coefficient (Wildman–Crippen LogP) is 2.26. The van der Waals surface area contributed by atoms with Crippen LogP contribution >= 0.6 is 11.8 Å². The predicted molar refractivity (Wildman–Crippen MR) is 55.4 cm³/mol. The molecule has 2 aliphatic rings. The van der Waals surface area contributed by atoms with Gasteiger partial charge in [-0.25, -0.2) is 0 Å². The maximum Gasteiger partial charge on any atom is 0.00962 e. The first kappa shape index (κ1) is 8.89. The van der Waals surface area contributed by atoms with Gasteiger partial charge in [-0.1, -0.05) is 6.42 Å². The zero-order valence-corrected chi connectivity index (χ0v) is 8.48. The SMILES string of the molecule is NC(C1CCC1)C1CCSCC1. The normalized spacial score (nSPS) is 29.8. The standard InChI is InChI=1S/C10H19NS/c11-10(8-2-1-3-8)9-4-6-12-7-5-9/h8-10H,1-7,11H2. The Bertz CT molecular complexity index is 139. The van der Waals surface area contributed by atoms with Crippen LogP contribution in [-0.2, 0) is 0 Å². The summed E-state index contributed by atoms with van der Waals surface area (Å²) < 4.78 is 0. The molecule has 0 bridgehead atoms. The minimum Gasteiger partial charge on any atom is -0.327 e. The van der Waals surface area contributed by atoms with Crippen LogP contribution in [0.25, 0.3) is 0 Å². The summed E-state index contributed by atoms with van der Waals surface area (Å²) in [6.07, 6.45) is 7.00. The Balaban J connectivity index is 1.80. The highest BCUT2D eigenvalue weighted by Crippen LogP contribution is 2.35. The maximum atomic E-state index is 6.24. The largest absolute Gasteiger partial charge is 0.327 e. The molecule has 2 heteroatoms. The molecule has 0 amide bonds. The molecule has 0 spiro atoms. The zero-order chi connectivity index (χ0) is 8.39. The molecule has 0 aromatic carbocycles. The molecular weight excluding hydrogens is 166 g/mol.